The molecule has 0 aromatic carbocycles. The van der Waals surface area contributed by atoms with Gasteiger partial charge in [-0.25, -0.2) is 0 Å². The summed E-state index contributed by atoms with van der Waals surface area (Å²) in [6, 6.07) is -0.821. The fourth-order valence-electron chi connectivity index (χ4n) is 1.06. The number of ketones is 2. The average molecular weight is 230 g/mol. The molecule has 92 valence electrons. The predicted octanol–water partition coefficient (Wildman–Crippen LogP) is -0.684. The molecule has 0 aliphatic rings. The Morgan fingerprint density at radius 3 is 2.44 bits per heavy atom. The van der Waals surface area contributed by atoms with Crippen LogP contribution in [0.15, 0.2) is 0 Å². The molecule has 0 rings (SSSR count). The third-order valence-corrected chi connectivity index (χ3v) is 2.11. The van der Waals surface area contributed by atoms with Gasteiger partial charge in [0.2, 0.25) is 5.78 Å². The van der Waals surface area contributed by atoms with Crippen LogP contribution in [0.3, 0.4) is 0 Å². The highest BCUT2D eigenvalue weighted by molar-refractivity contribution is 6.37. The second kappa shape index (κ2) is 7.95. The monoisotopic (exact) mass is 230 g/mol. The van der Waals surface area contributed by atoms with Gasteiger partial charge in [-0.1, -0.05) is 6.42 Å². The highest BCUT2D eigenvalue weighted by Crippen LogP contribution is 1.97. The van der Waals surface area contributed by atoms with Crippen molar-refractivity contribution < 1.29 is 19.5 Å². The molecule has 0 unspecified atom stereocenters. The van der Waals surface area contributed by atoms with Gasteiger partial charge in [-0.05, 0) is 19.4 Å². The number of Topliss-reactive ketones (excluding diaryl/α,β-unsaturated/α-hetero) is 2. The van der Waals surface area contributed by atoms with E-state index in [1.165, 1.54) is 6.92 Å². The van der Waals surface area contributed by atoms with Gasteiger partial charge in [0.15, 0.2) is 5.78 Å². The minimum absolute atomic E-state index is 0.0420. The molecule has 16 heavy (non-hydrogen) atoms. The number of rotatable bonds is 9. The van der Waals surface area contributed by atoms with Crippen LogP contribution in [-0.4, -0.2) is 41.8 Å². The topological polar surface area (TPSA) is 109 Å². The molecule has 0 aromatic rings. The van der Waals surface area contributed by atoms with Crippen LogP contribution in [0, 0.1) is 0 Å². The Balaban J connectivity index is 3.38. The highest BCUT2D eigenvalue weighted by atomic mass is 16.4. The number of carboxylic acid groups (broad SMARTS) is 1. The maximum Gasteiger partial charge on any atom is 0.320 e. The van der Waals surface area contributed by atoms with Gasteiger partial charge in [0.05, 0.1) is 6.54 Å². The van der Waals surface area contributed by atoms with Crippen LogP contribution in [-0.2, 0) is 14.4 Å². The van der Waals surface area contributed by atoms with E-state index in [0.717, 1.165) is 6.42 Å². The number of hydrogen-bond acceptors (Lipinski definition) is 5. The summed E-state index contributed by atoms with van der Waals surface area (Å²) in [6.45, 7) is 1.85. The first-order valence-corrected chi connectivity index (χ1v) is 5.18. The number of aliphatic carboxylic acids is 1. The molecular formula is C10H18N2O4. The second-order valence-electron chi connectivity index (χ2n) is 3.60. The first-order chi connectivity index (χ1) is 7.45. The van der Waals surface area contributed by atoms with Crippen molar-refractivity contribution in [2.24, 2.45) is 5.73 Å². The lowest BCUT2D eigenvalue weighted by Crippen LogP contribution is -2.30. The average Bonchev–Trinajstić information content (AvgIpc) is 2.21. The Morgan fingerprint density at radius 2 is 1.94 bits per heavy atom. The Kier molecular flexibility index (Phi) is 7.32. The molecule has 0 saturated carbocycles. The van der Waals surface area contributed by atoms with Crippen molar-refractivity contribution in [3.8, 4) is 0 Å². The number of carbonyl (C=O) groups is 3. The molecule has 0 aliphatic carbocycles. The molecule has 1 atom stereocenters. The third-order valence-electron chi connectivity index (χ3n) is 2.11. The highest BCUT2D eigenvalue weighted by Gasteiger charge is 2.10. The number of carbonyl (C=O) groups excluding carboxylic acids is 2. The Bertz CT molecular complexity index is 266. The summed E-state index contributed by atoms with van der Waals surface area (Å²) in [5.41, 5.74) is 5.30. The summed E-state index contributed by atoms with van der Waals surface area (Å²) < 4.78 is 0. The lowest BCUT2D eigenvalue weighted by Gasteiger charge is -2.06. The van der Waals surface area contributed by atoms with Gasteiger partial charge in [-0.15, -0.1) is 0 Å². The molecule has 0 spiro atoms. The maximum absolute atomic E-state index is 10.9. The SMILES string of the molecule is CC(=O)C(=O)CNCCCC[C@H](N)C(=O)O. The van der Waals surface area contributed by atoms with Crippen molar-refractivity contribution in [1.82, 2.24) is 5.32 Å². The van der Waals surface area contributed by atoms with Gasteiger partial charge in [0.1, 0.15) is 6.04 Å². The van der Waals surface area contributed by atoms with E-state index in [1.807, 2.05) is 0 Å². The minimum Gasteiger partial charge on any atom is -0.480 e. The molecule has 0 saturated heterocycles. The number of hydrogen-bond donors (Lipinski definition) is 3. The molecular weight excluding hydrogens is 212 g/mol. The van der Waals surface area contributed by atoms with Crippen LogP contribution in [0.4, 0.5) is 0 Å². The molecule has 6 nitrogen and oxygen atoms in total. The van der Waals surface area contributed by atoms with Crippen molar-refractivity contribution in [3.05, 3.63) is 0 Å². The molecule has 0 aromatic heterocycles. The predicted molar refractivity (Wildman–Crippen MR) is 58.0 cm³/mol. The van der Waals surface area contributed by atoms with E-state index in [9.17, 15) is 14.4 Å². The van der Waals surface area contributed by atoms with Crippen molar-refractivity contribution in [2.75, 3.05) is 13.1 Å². The summed E-state index contributed by atoms with van der Waals surface area (Å²) in [5.74, 6) is -1.90. The minimum atomic E-state index is -1.00. The maximum atomic E-state index is 10.9. The Hall–Kier alpha value is -1.27. The van der Waals surface area contributed by atoms with Gasteiger partial charge in [0, 0.05) is 6.92 Å². The van der Waals surface area contributed by atoms with Gasteiger partial charge in [-0.2, -0.15) is 0 Å². The first-order valence-electron chi connectivity index (χ1n) is 5.18. The summed E-state index contributed by atoms with van der Waals surface area (Å²) in [7, 11) is 0. The number of unbranched alkanes of at least 4 members (excludes halogenated alkanes) is 1. The van der Waals surface area contributed by atoms with E-state index < -0.39 is 23.6 Å². The van der Waals surface area contributed by atoms with E-state index >= 15 is 0 Å². The summed E-state index contributed by atoms with van der Waals surface area (Å²) in [5, 5.41) is 11.3. The Morgan fingerprint density at radius 1 is 1.31 bits per heavy atom. The quantitative estimate of drug-likeness (QED) is 0.357. The van der Waals surface area contributed by atoms with Crippen LogP contribution in [0.2, 0.25) is 0 Å². The smallest absolute Gasteiger partial charge is 0.320 e. The van der Waals surface area contributed by atoms with E-state index in [0.29, 0.717) is 19.4 Å². The fraction of sp³-hybridized carbons (Fsp3) is 0.700. The second-order valence-corrected chi connectivity index (χ2v) is 3.60. The molecule has 6 heteroatoms. The lowest BCUT2D eigenvalue weighted by atomic mass is 10.1. The van der Waals surface area contributed by atoms with E-state index in [2.05, 4.69) is 5.32 Å². The van der Waals surface area contributed by atoms with E-state index in [4.69, 9.17) is 10.8 Å². The molecule has 0 fully saturated rings. The van der Waals surface area contributed by atoms with Gasteiger partial charge in [-0.3, -0.25) is 14.4 Å². The molecule has 4 N–H and O–H groups in total. The van der Waals surface area contributed by atoms with Crippen molar-refractivity contribution >= 4 is 17.5 Å². The van der Waals surface area contributed by atoms with Gasteiger partial charge in [0.25, 0.3) is 0 Å². The molecule has 0 radical (unpaired) electrons. The van der Waals surface area contributed by atoms with E-state index in [-0.39, 0.29) is 6.54 Å². The van der Waals surface area contributed by atoms with Crippen LogP contribution in [0.25, 0.3) is 0 Å². The lowest BCUT2D eigenvalue weighted by molar-refractivity contribution is -0.138. The third kappa shape index (κ3) is 7.08. The Labute approximate surface area is 94.2 Å². The molecule has 0 amide bonds. The largest absolute Gasteiger partial charge is 0.480 e. The van der Waals surface area contributed by atoms with Gasteiger partial charge < -0.3 is 16.2 Å². The summed E-state index contributed by atoms with van der Waals surface area (Å²) in [6.07, 6.45) is 1.82. The van der Waals surface area contributed by atoms with Crippen LogP contribution in [0.1, 0.15) is 26.2 Å². The normalized spacial score (nSPS) is 12.1. The van der Waals surface area contributed by atoms with Crippen LogP contribution < -0.4 is 11.1 Å². The van der Waals surface area contributed by atoms with Crippen LogP contribution in [0.5, 0.6) is 0 Å². The van der Waals surface area contributed by atoms with Crippen molar-refractivity contribution in [1.29, 1.82) is 0 Å². The fourth-order valence-corrected chi connectivity index (χ4v) is 1.06. The zero-order valence-electron chi connectivity index (χ0n) is 9.36. The number of nitrogens with two attached hydrogens (primary N) is 1. The number of carboxylic acids is 1. The molecule has 0 heterocycles. The van der Waals surface area contributed by atoms with Gasteiger partial charge >= 0.3 is 5.97 Å². The summed E-state index contributed by atoms with van der Waals surface area (Å²) in [4.78, 5) is 31.8. The van der Waals surface area contributed by atoms with Crippen molar-refractivity contribution in [2.45, 2.75) is 32.2 Å². The first kappa shape index (κ1) is 14.7. The molecule has 0 aliphatic heterocycles. The zero-order chi connectivity index (χ0) is 12.6. The standard InChI is InChI=1S/C10H18N2O4/c1-7(13)9(14)6-12-5-3-2-4-8(11)10(15)16/h8,12H,2-6,11H2,1H3,(H,15,16)/t8-/m0/s1. The van der Waals surface area contributed by atoms with Crippen molar-refractivity contribution in [3.63, 3.8) is 0 Å². The molecule has 0 bridgehead atoms. The van der Waals surface area contributed by atoms with Crippen LogP contribution >= 0.6 is 0 Å². The summed E-state index contributed by atoms with van der Waals surface area (Å²) >= 11 is 0. The zero-order valence-corrected chi connectivity index (χ0v) is 9.36. The number of nitrogens with one attached hydrogen (secondary N) is 1. The van der Waals surface area contributed by atoms with E-state index in [1.54, 1.807) is 0 Å².